The molecule has 0 saturated carbocycles. The number of nitrogens with two attached hydrogens (primary N) is 2. The Morgan fingerprint density at radius 1 is 0.860 bits per heavy atom. The van der Waals surface area contributed by atoms with Crippen molar-refractivity contribution in [1.29, 1.82) is 5.41 Å². The second-order valence-electron chi connectivity index (χ2n) is 11.5. The average Bonchev–Trinajstić information content (AvgIpc) is 3.07. The van der Waals surface area contributed by atoms with Crippen LogP contribution in [0.15, 0.2) is 70.0 Å². The molecule has 1 heterocycles. The van der Waals surface area contributed by atoms with E-state index in [0.29, 0.717) is 30.4 Å². The van der Waals surface area contributed by atoms with E-state index in [1.807, 2.05) is 0 Å². The van der Waals surface area contributed by atoms with Crippen molar-refractivity contribution < 1.29 is 51.6 Å². The van der Waals surface area contributed by atoms with Gasteiger partial charge >= 0.3 is 11.9 Å². The maximum atomic E-state index is 13.2. The largest absolute Gasteiger partial charge is 0.507 e. The van der Waals surface area contributed by atoms with E-state index in [9.17, 15) is 42.4 Å². The van der Waals surface area contributed by atoms with Crippen LogP contribution >= 0.6 is 0 Å². The number of carboxylic acids is 1. The molecule has 0 fully saturated rings. The molecule has 0 unspecified atom stereocenters. The molecule has 0 bridgehead atoms. The number of carbonyl (C=O) groups is 4. The summed E-state index contributed by atoms with van der Waals surface area (Å²) in [7, 11) is -4.91. The van der Waals surface area contributed by atoms with Crippen molar-refractivity contribution in [1.82, 2.24) is 0 Å². The molecule has 3 aromatic rings. The van der Waals surface area contributed by atoms with E-state index in [2.05, 4.69) is 4.84 Å². The lowest BCUT2D eigenvalue weighted by molar-refractivity contribution is 0.0499. The third-order valence-corrected chi connectivity index (χ3v) is 9.28. The minimum Gasteiger partial charge on any atom is -0.507 e. The summed E-state index contributed by atoms with van der Waals surface area (Å²) >= 11 is 0. The molecular weight excluding hydrogens is 670 g/mol. The highest BCUT2D eigenvalue weighted by Gasteiger charge is 2.28. The van der Waals surface area contributed by atoms with Gasteiger partial charge in [-0.3, -0.25) is 14.1 Å². The van der Waals surface area contributed by atoms with Gasteiger partial charge in [0, 0.05) is 46.0 Å². The van der Waals surface area contributed by atoms with Crippen LogP contribution in [0.4, 0.5) is 5.69 Å². The van der Waals surface area contributed by atoms with Gasteiger partial charge < -0.3 is 30.6 Å². The fourth-order valence-corrected chi connectivity index (χ4v) is 6.54. The predicted octanol–water partition coefficient (Wildman–Crippen LogP) is 5.27. The molecule has 15 heteroatoms. The Bertz CT molecular complexity index is 2360. The van der Waals surface area contributed by atoms with Gasteiger partial charge in [-0.25, -0.2) is 9.59 Å². The van der Waals surface area contributed by atoms with Crippen LogP contribution in [-0.4, -0.2) is 46.7 Å². The van der Waals surface area contributed by atoms with Gasteiger partial charge in [-0.05, 0) is 67.8 Å². The lowest BCUT2D eigenvalue weighted by Gasteiger charge is -2.20. The van der Waals surface area contributed by atoms with Crippen molar-refractivity contribution >= 4 is 50.3 Å². The van der Waals surface area contributed by atoms with Crippen LogP contribution in [0.25, 0.3) is 33.4 Å². The van der Waals surface area contributed by atoms with E-state index in [1.54, 1.807) is 6.92 Å². The van der Waals surface area contributed by atoms with Gasteiger partial charge in [0.15, 0.2) is 22.0 Å². The minimum absolute atomic E-state index is 0.0574. The van der Waals surface area contributed by atoms with Crippen LogP contribution in [0, 0.1) is 12.3 Å². The lowest BCUT2D eigenvalue weighted by Crippen LogP contribution is -2.11. The number of fused-ring (bicyclic) bond motifs is 2. The van der Waals surface area contributed by atoms with Gasteiger partial charge in [-0.1, -0.05) is 24.6 Å². The molecule has 0 saturated heterocycles. The number of phenolic OH excluding ortho intramolecular Hbond substituents is 1. The zero-order valence-corrected chi connectivity index (χ0v) is 27.3. The molecule has 0 atom stereocenters. The van der Waals surface area contributed by atoms with E-state index in [0.717, 1.165) is 6.07 Å². The number of benzene rings is 4. The Hall–Kier alpha value is -5.90. The predicted molar refractivity (Wildman–Crippen MR) is 180 cm³/mol. The van der Waals surface area contributed by atoms with Crippen molar-refractivity contribution in [3.05, 3.63) is 93.8 Å². The Labute approximate surface area is 284 Å². The van der Waals surface area contributed by atoms with E-state index in [4.69, 9.17) is 21.5 Å². The lowest BCUT2D eigenvalue weighted by atomic mass is 9.88. The first-order valence-corrected chi connectivity index (χ1v) is 16.6. The third-order valence-electron chi connectivity index (χ3n) is 8.34. The maximum Gasteiger partial charge on any atom is 0.360 e. The van der Waals surface area contributed by atoms with Crippen LogP contribution < -0.4 is 17.0 Å². The number of hydrogen-bond donors (Lipinski definition) is 6. The highest BCUT2D eigenvalue weighted by atomic mass is 32.2. The number of rotatable bonds is 12. The minimum atomic E-state index is -4.91. The number of ketones is 2. The number of carboxylic acid groups (broad SMARTS) is 1. The van der Waals surface area contributed by atoms with Crippen LogP contribution in [0.5, 0.6) is 5.75 Å². The molecule has 5 rings (SSSR count). The molecule has 2 aliphatic rings. The molecule has 3 aromatic carbocycles. The molecule has 8 N–H and O–H groups in total. The molecule has 1 aliphatic heterocycles. The Kier molecular flexibility index (Phi) is 9.85. The molecule has 14 nitrogen and oxygen atoms in total. The van der Waals surface area contributed by atoms with Gasteiger partial charge in [-0.2, -0.15) is 14.3 Å². The van der Waals surface area contributed by atoms with E-state index >= 15 is 0 Å². The first kappa shape index (κ1) is 35.4. The molecule has 0 radical (unpaired) electrons. The first-order valence-electron chi connectivity index (χ1n) is 15.1. The number of aromatic hydroxyl groups is 1. The summed E-state index contributed by atoms with van der Waals surface area (Å²) in [6, 6.07) is 13.6. The number of carbonyl (C=O) groups excluding carboxylic acids is 3. The van der Waals surface area contributed by atoms with Gasteiger partial charge in [0.25, 0.3) is 10.1 Å². The van der Waals surface area contributed by atoms with Crippen LogP contribution in [0.3, 0.4) is 0 Å². The summed E-state index contributed by atoms with van der Waals surface area (Å²) < 4.78 is 40.7. The second-order valence-corrected chi connectivity index (χ2v) is 12.9. The van der Waals surface area contributed by atoms with Crippen molar-refractivity contribution in [2.45, 2.75) is 43.9 Å². The SMILES string of the molecule is Cc1c2oc3c(S(=O)(=O)O)c(N)ccc3c(-c3ccc(C(=O)CCCCCC(=O)c4ccc(C(=O)ON)c(O)c4)cc3C(=O)O)c-2ccc1=N. The number of unbranched alkanes of at least 4 members (excludes halogenated alkanes) is 2. The van der Waals surface area contributed by atoms with Crippen LogP contribution in [0.1, 0.15) is 79.1 Å². The molecule has 0 amide bonds. The third kappa shape index (κ3) is 6.82. The summed E-state index contributed by atoms with van der Waals surface area (Å²) in [5.41, 5.74) is 6.19. The van der Waals surface area contributed by atoms with E-state index in [1.165, 1.54) is 54.6 Å². The topological polar surface area (TPSA) is 261 Å². The molecule has 0 spiro atoms. The quantitative estimate of drug-likeness (QED) is 0.0242. The van der Waals surface area contributed by atoms with Crippen LogP contribution in [-0.2, 0) is 15.0 Å². The summed E-state index contributed by atoms with van der Waals surface area (Å²) in [4.78, 5) is 53.2. The number of anilines is 1. The molecule has 0 aromatic heterocycles. The van der Waals surface area contributed by atoms with E-state index < -0.39 is 32.7 Å². The highest BCUT2D eigenvalue weighted by Crippen LogP contribution is 2.45. The van der Waals surface area contributed by atoms with Gasteiger partial charge in [0.05, 0.1) is 16.6 Å². The average molecular weight is 702 g/mol. The number of aromatic carboxylic acids is 1. The monoisotopic (exact) mass is 701 g/mol. The molecule has 1 aliphatic carbocycles. The number of nitrogen functional groups attached to an aromatic ring is 1. The Morgan fingerprint density at radius 3 is 2.08 bits per heavy atom. The standard InChI is InChI=1S/C35H31N3O11S/c1-17-25(36)13-11-22-30(23-12-14-26(37)33(50(45,46)47)32(23)48-31(17)22)20-9-7-18(15-24(20)34(42)43)27(39)5-3-2-4-6-28(40)19-8-10-21(29(41)16-19)35(44)49-38/h7-16,36,41H,2-6,37-38H2,1H3,(H,42,43)(H,45,46,47). The normalized spacial score (nSPS) is 11.5. The summed E-state index contributed by atoms with van der Waals surface area (Å²) in [6.07, 6.45) is 1.48. The zero-order valence-electron chi connectivity index (χ0n) is 26.5. The van der Waals surface area contributed by atoms with E-state index in [-0.39, 0.29) is 85.6 Å². The van der Waals surface area contributed by atoms with Crippen molar-refractivity contribution in [2.24, 2.45) is 5.90 Å². The van der Waals surface area contributed by atoms with Gasteiger partial charge in [0.2, 0.25) is 0 Å². The van der Waals surface area contributed by atoms with Crippen LogP contribution in [0.2, 0.25) is 0 Å². The Balaban J connectivity index is 1.40. The Morgan fingerprint density at radius 2 is 1.48 bits per heavy atom. The maximum absolute atomic E-state index is 13.2. The fourth-order valence-electron chi connectivity index (χ4n) is 5.79. The number of nitrogens with one attached hydrogen (secondary N) is 1. The second kappa shape index (κ2) is 13.9. The van der Waals surface area contributed by atoms with Crippen molar-refractivity contribution in [3.63, 3.8) is 0 Å². The molecule has 50 heavy (non-hydrogen) atoms. The molecule has 258 valence electrons. The fraction of sp³-hybridized carbons (Fsp3) is 0.171. The first-order chi connectivity index (χ1) is 23.6. The van der Waals surface area contributed by atoms with Gasteiger partial charge in [-0.15, -0.1) is 0 Å². The zero-order chi connectivity index (χ0) is 36.5. The summed E-state index contributed by atoms with van der Waals surface area (Å²) in [6.45, 7) is 1.57. The van der Waals surface area contributed by atoms with Gasteiger partial charge in [0.1, 0.15) is 17.1 Å². The molecular formula is C35H31N3O11S. The number of phenols is 1. The smallest absolute Gasteiger partial charge is 0.360 e. The van der Waals surface area contributed by atoms with Crippen molar-refractivity contribution in [3.8, 4) is 28.2 Å². The highest BCUT2D eigenvalue weighted by molar-refractivity contribution is 7.86. The summed E-state index contributed by atoms with van der Waals surface area (Å²) in [5, 5.41) is 28.7. The number of hydrogen-bond acceptors (Lipinski definition) is 12. The summed E-state index contributed by atoms with van der Waals surface area (Å²) in [5.74, 6) is 1.52. The van der Waals surface area contributed by atoms with Crippen molar-refractivity contribution in [2.75, 3.05) is 5.73 Å². The number of Topliss-reactive ketones (excluding diaryl/α,β-unsaturated/α-hetero) is 2.